The van der Waals surface area contributed by atoms with Crippen molar-refractivity contribution in [3.63, 3.8) is 0 Å². The van der Waals surface area contributed by atoms with Gasteiger partial charge in [-0.1, -0.05) is 33.6 Å². The van der Waals surface area contributed by atoms with Crippen LogP contribution in [0.5, 0.6) is 0 Å². The highest BCUT2D eigenvalue weighted by atomic mass is 16.5. The molecule has 48 heavy (non-hydrogen) atoms. The molecule has 0 aliphatic carbocycles. The number of rotatable bonds is 12. The Balaban J connectivity index is 1.26. The van der Waals surface area contributed by atoms with E-state index in [-0.39, 0.29) is 35.7 Å². The second-order valence-electron chi connectivity index (χ2n) is 13.1. The fraction of sp³-hybridized carbons (Fsp3) is 0.647. The number of H-pyrrole nitrogens is 2. The van der Waals surface area contributed by atoms with Crippen LogP contribution in [0.2, 0.25) is 0 Å². The minimum atomic E-state index is -0.673. The van der Waals surface area contributed by atoms with Crippen LogP contribution in [-0.4, -0.2) is 93.1 Å². The van der Waals surface area contributed by atoms with Gasteiger partial charge in [-0.3, -0.25) is 9.59 Å². The Morgan fingerprint density at radius 3 is 1.77 bits per heavy atom. The first-order chi connectivity index (χ1) is 23.0. The molecule has 4 atom stereocenters. The van der Waals surface area contributed by atoms with Crippen LogP contribution in [0.25, 0.3) is 0 Å². The van der Waals surface area contributed by atoms with E-state index in [0.717, 1.165) is 61.6 Å². The highest BCUT2D eigenvalue weighted by Gasteiger charge is 2.38. The lowest BCUT2D eigenvalue weighted by atomic mass is 10.0. The van der Waals surface area contributed by atoms with Crippen molar-refractivity contribution in [3.05, 3.63) is 35.4 Å². The molecule has 0 unspecified atom stereocenters. The number of hydrogen-bond acceptors (Lipinski definition) is 8. The molecule has 0 aromatic carbocycles. The number of imidazole rings is 2. The predicted octanol–water partition coefficient (Wildman–Crippen LogP) is 3.79. The van der Waals surface area contributed by atoms with Crippen LogP contribution < -0.4 is 10.6 Å². The van der Waals surface area contributed by atoms with Gasteiger partial charge in [0.05, 0.1) is 32.7 Å². The summed E-state index contributed by atoms with van der Waals surface area (Å²) in [5, 5.41) is 5.35. The van der Waals surface area contributed by atoms with Gasteiger partial charge in [0, 0.05) is 43.3 Å². The summed E-state index contributed by atoms with van der Waals surface area (Å²) in [6.07, 6.45) is 8.56. The van der Waals surface area contributed by atoms with Crippen molar-refractivity contribution in [1.82, 2.24) is 40.4 Å². The predicted molar refractivity (Wildman–Crippen MR) is 177 cm³/mol. The fourth-order valence-corrected chi connectivity index (χ4v) is 6.31. The summed E-state index contributed by atoms with van der Waals surface area (Å²) < 4.78 is 9.44. The SMILES string of the molecule is COC(=O)N[C@@H](C(=O)N1CCC[C@H]1c1ncc(CC#CCCCc2cnc([C@@H]3CCCN3C(=O)[C@H](NC(=O)OC)C(C)C)[nH]2)[nH]1)C(C)C. The average Bonchev–Trinajstić information content (AvgIpc) is 3.89. The molecule has 14 heteroatoms. The quantitative estimate of drug-likeness (QED) is 0.196. The van der Waals surface area contributed by atoms with Gasteiger partial charge < -0.3 is 39.9 Å². The molecule has 14 nitrogen and oxygen atoms in total. The maximum absolute atomic E-state index is 13.4. The van der Waals surface area contributed by atoms with E-state index < -0.39 is 24.3 Å². The zero-order chi connectivity index (χ0) is 34.8. The summed E-state index contributed by atoms with van der Waals surface area (Å²) in [5.74, 6) is 7.51. The Morgan fingerprint density at radius 1 is 0.812 bits per heavy atom. The number of methoxy groups -OCH3 is 2. The van der Waals surface area contributed by atoms with E-state index in [1.165, 1.54) is 14.2 Å². The summed E-state index contributed by atoms with van der Waals surface area (Å²) in [5.41, 5.74) is 1.88. The number of likely N-dealkylation sites (tertiary alicyclic amines) is 2. The van der Waals surface area contributed by atoms with Gasteiger partial charge >= 0.3 is 12.2 Å². The van der Waals surface area contributed by atoms with Crippen LogP contribution in [0.3, 0.4) is 0 Å². The van der Waals surface area contributed by atoms with E-state index in [2.05, 4.69) is 42.4 Å². The number of aryl methyl sites for hydroxylation is 1. The molecule has 0 radical (unpaired) electrons. The molecule has 0 saturated carbocycles. The monoisotopic (exact) mass is 666 g/mol. The number of aromatic nitrogens is 4. The largest absolute Gasteiger partial charge is 0.453 e. The van der Waals surface area contributed by atoms with Gasteiger partial charge in [-0.2, -0.15) is 0 Å². The summed E-state index contributed by atoms with van der Waals surface area (Å²) >= 11 is 0. The van der Waals surface area contributed by atoms with E-state index in [4.69, 9.17) is 9.47 Å². The molecule has 2 aliphatic heterocycles. The van der Waals surface area contributed by atoms with Crippen molar-refractivity contribution in [2.75, 3.05) is 27.3 Å². The zero-order valence-corrected chi connectivity index (χ0v) is 28.9. The normalized spacial score (nSPS) is 18.8. The Labute approximate surface area is 282 Å². The Bertz CT molecular complexity index is 1470. The smallest absolute Gasteiger partial charge is 0.407 e. The molecule has 4 rings (SSSR count). The topological polar surface area (TPSA) is 175 Å². The van der Waals surface area contributed by atoms with Crippen LogP contribution >= 0.6 is 0 Å². The number of ether oxygens (including phenoxy) is 2. The first-order valence-electron chi connectivity index (χ1n) is 16.9. The Morgan fingerprint density at radius 2 is 1.29 bits per heavy atom. The van der Waals surface area contributed by atoms with Crippen molar-refractivity contribution < 1.29 is 28.7 Å². The summed E-state index contributed by atoms with van der Waals surface area (Å²) in [7, 11) is 2.57. The molecular weight excluding hydrogens is 616 g/mol. The Hall–Kier alpha value is -4.54. The molecule has 0 bridgehead atoms. The third-order valence-corrected chi connectivity index (χ3v) is 8.93. The van der Waals surface area contributed by atoms with E-state index in [0.29, 0.717) is 25.9 Å². The molecule has 2 fully saturated rings. The number of amides is 4. The van der Waals surface area contributed by atoms with Gasteiger partial charge in [-0.15, -0.1) is 5.92 Å². The zero-order valence-electron chi connectivity index (χ0n) is 28.9. The fourth-order valence-electron chi connectivity index (χ4n) is 6.31. The lowest BCUT2D eigenvalue weighted by Gasteiger charge is -2.30. The molecule has 4 heterocycles. The van der Waals surface area contributed by atoms with Crippen LogP contribution in [0.1, 0.15) is 101 Å². The molecule has 2 aliphatic rings. The van der Waals surface area contributed by atoms with Gasteiger partial charge in [-0.05, 0) is 50.4 Å². The van der Waals surface area contributed by atoms with E-state index >= 15 is 0 Å². The van der Waals surface area contributed by atoms with Crippen LogP contribution in [0.4, 0.5) is 9.59 Å². The third kappa shape index (κ3) is 9.08. The van der Waals surface area contributed by atoms with Crippen LogP contribution in [0.15, 0.2) is 12.4 Å². The van der Waals surface area contributed by atoms with E-state index in [1.807, 2.05) is 38.8 Å². The van der Waals surface area contributed by atoms with Crippen LogP contribution in [0, 0.1) is 23.7 Å². The van der Waals surface area contributed by atoms with E-state index in [1.54, 1.807) is 11.1 Å². The number of nitrogens with one attached hydrogen (secondary N) is 4. The average molecular weight is 667 g/mol. The second kappa shape index (κ2) is 17.0. The number of carbonyl (C=O) groups excluding carboxylic acids is 4. The maximum atomic E-state index is 13.4. The van der Waals surface area contributed by atoms with Gasteiger partial charge in [0.1, 0.15) is 23.7 Å². The summed E-state index contributed by atoms with van der Waals surface area (Å²) in [6.45, 7) is 8.80. The number of hydrogen-bond donors (Lipinski definition) is 4. The number of alkyl carbamates (subject to hydrolysis) is 2. The molecule has 2 aromatic rings. The van der Waals surface area contributed by atoms with E-state index in [9.17, 15) is 19.2 Å². The highest BCUT2D eigenvalue weighted by Crippen LogP contribution is 2.32. The first kappa shape index (κ1) is 36.3. The molecule has 262 valence electrons. The molecule has 2 saturated heterocycles. The molecule has 2 aromatic heterocycles. The lowest BCUT2D eigenvalue weighted by molar-refractivity contribution is -0.136. The lowest BCUT2D eigenvalue weighted by Crippen LogP contribution is -2.51. The first-order valence-corrected chi connectivity index (χ1v) is 16.9. The maximum Gasteiger partial charge on any atom is 0.407 e. The summed E-state index contributed by atoms with van der Waals surface area (Å²) in [6, 6.07) is -1.68. The van der Waals surface area contributed by atoms with Gasteiger partial charge in [0.2, 0.25) is 11.8 Å². The number of nitrogens with zero attached hydrogens (tertiary/aromatic N) is 4. The minimum Gasteiger partial charge on any atom is -0.453 e. The highest BCUT2D eigenvalue weighted by molar-refractivity contribution is 5.87. The number of carbonyl (C=O) groups is 4. The van der Waals surface area contributed by atoms with Crippen LogP contribution in [-0.2, 0) is 31.9 Å². The van der Waals surface area contributed by atoms with Crippen molar-refractivity contribution >= 4 is 24.0 Å². The molecule has 4 N–H and O–H groups in total. The van der Waals surface area contributed by atoms with Crippen molar-refractivity contribution in [3.8, 4) is 11.8 Å². The molecule has 4 amide bonds. The number of aromatic amines is 2. The standard InChI is InChI=1S/C34H50N8O6/c1-21(2)27(39-33(45)47-5)31(43)41-17-11-15-25(41)29-35-19-23(37-29)13-9-7-8-10-14-24-20-36-30(38-24)26-16-12-18-42(26)32(44)28(22(3)4)40-34(46)48-6/h19-22,25-28H,7,9,11-18H2,1-6H3,(H,35,37)(H,36,38)(H,39,45)(H,40,46)/t25-,26-,27+,28+/m0/s1. The number of unbranched alkanes of at least 4 members (excludes halogenated alkanes) is 1. The van der Waals surface area contributed by atoms with Crippen molar-refractivity contribution in [2.45, 2.75) is 103 Å². The minimum absolute atomic E-state index is 0.0874. The third-order valence-electron chi connectivity index (χ3n) is 8.93. The molecule has 0 spiro atoms. The van der Waals surface area contributed by atoms with Crippen molar-refractivity contribution in [2.24, 2.45) is 11.8 Å². The van der Waals surface area contributed by atoms with Gasteiger partial charge in [-0.25, -0.2) is 19.6 Å². The Kier molecular flexibility index (Phi) is 12.9. The second-order valence-corrected chi connectivity index (χ2v) is 13.1. The van der Waals surface area contributed by atoms with Gasteiger partial charge in [0.25, 0.3) is 0 Å². The van der Waals surface area contributed by atoms with Gasteiger partial charge in [0.15, 0.2) is 0 Å². The summed E-state index contributed by atoms with van der Waals surface area (Å²) in [4.78, 5) is 69.9. The molecular formula is C34H50N8O6. The van der Waals surface area contributed by atoms with Crippen molar-refractivity contribution in [1.29, 1.82) is 0 Å².